The molecule has 7 heteroatoms. The molecule has 0 aromatic heterocycles. The molecule has 20 heavy (non-hydrogen) atoms. The molecule has 0 aliphatic carbocycles. The molecule has 2 rings (SSSR count). The van der Waals surface area contributed by atoms with E-state index in [2.05, 4.69) is 10.4 Å². The number of hydrogen-bond donors (Lipinski definition) is 3. The van der Waals surface area contributed by atoms with Crippen LogP contribution in [-0.4, -0.2) is 41.8 Å². The van der Waals surface area contributed by atoms with Crippen molar-refractivity contribution < 1.29 is 14.7 Å². The van der Waals surface area contributed by atoms with E-state index in [9.17, 15) is 9.59 Å². The second kappa shape index (κ2) is 6.16. The van der Waals surface area contributed by atoms with E-state index in [0.29, 0.717) is 5.69 Å². The fourth-order valence-corrected chi connectivity index (χ4v) is 1.96. The van der Waals surface area contributed by atoms with Gasteiger partial charge in [-0.05, 0) is 12.1 Å². The van der Waals surface area contributed by atoms with Crippen LogP contribution in [0.2, 0.25) is 0 Å². The zero-order valence-electron chi connectivity index (χ0n) is 10.8. The van der Waals surface area contributed by atoms with Crippen molar-refractivity contribution >= 4 is 23.2 Å². The fourth-order valence-electron chi connectivity index (χ4n) is 1.96. The Morgan fingerprint density at radius 1 is 1.40 bits per heavy atom. The lowest BCUT2D eigenvalue weighted by Gasteiger charge is -2.20. The van der Waals surface area contributed by atoms with Gasteiger partial charge < -0.3 is 16.2 Å². The summed E-state index contributed by atoms with van der Waals surface area (Å²) in [6.45, 7) is -0.00883. The summed E-state index contributed by atoms with van der Waals surface area (Å²) >= 11 is 0. The number of nitrogens with zero attached hydrogens (tertiary/aromatic N) is 2. The van der Waals surface area contributed by atoms with Crippen LogP contribution in [0.1, 0.15) is 6.42 Å². The second-order valence-corrected chi connectivity index (χ2v) is 4.33. The molecule has 1 aromatic carbocycles. The van der Waals surface area contributed by atoms with Gasteiger partial charge in [-0.3, -0.25) is 14.6 Å². The minimum Gasteiger partial charge on any atom is -0.395 e. The molecule has 1 aliphatic rings. The lowest BCUT2D eigenvalue weighted by Crippen LogP contribution is -2.40. The van der Waals surface area contributed by atoms with Gasteiger partial charge in [-0.15, -0.1) is 0 Å². The molecule has 106 valence electrons. The molecule has 0 spiro atoms. The zero-order valence-corrected chi connectivity index (χ0v) is 10.8. The number of carbonyl (C=O) groups excluding carboxylic acids is 2. The Bertz CT molecular complexity index is 530. The predicted molar refractivity (Wildman–Crippen MR) is 74.1 cm³/mol. The van der Waals surface area contributed by atoms with Crippen molar-refractivity contribution in [1.29, 1.82) is 0 Å². The van der Waals surface area contributed by atoms with Crippen LogP contribution >= 0.6 is 0 Å². The van der Waals surface area contributed by atoms with Crippen molar-refractivity contribution in [1.82, 2.24) is 5.32 Å². The molecule has 1 heterocycles. The van der Waals surface area contributed by atoms with Gasteiger partial charge in [0.25, 0.3) is 5.91 Å². The fraction of sp³-hybridized carbons (Fsp3) is 0.308. The zero-order chi connectivity index (χ0) is 14.5. The van der Waals surface area contributed by atoms with Crippen molar-refractivity contribution in [2.24, 2.45) is 10.8 Å². The van der Waals surface area contributed by atoms with Gasteiger partial charge in [0.2, 0.25) is 5.91 Å². The highest BCUT2D eigenvalue weighted by Gasteiger charge is 2.34. The number of aliphatic hydroxyl groups is 1. The first-order chi connectivity index (χ1) is 9.63. The number of anilines is 1. The number of amides is 2. The third-order valence-corrected chi connectivity index (χ3v) is 2.92. The van der Waals surface area contributed by atoms with Gasteiger partial charge in [0, 0.05) is 13.0 Å². The molecule has 1 unspecified atom stereocenters. The van der Waals surface area contributed by atoms with Crippen LogP contribution in [-0.2, 0) is 9.59 Å². The Labute approximate surface area is 116 Å². The molecule has 2 amide bonds. The summed E-state index contributed by atoms with van der Waals surface area (Å²) in [6.07, 6.45) is 0.154. The maximum absolute atomic E-state index is 11.8. The monoisotopic (exact) mass is 276 g/mol. The van der Waals surface area contributed by atoms with Crippen LogP contribution in [0.3, 0.4) is 0 Å². The standard InChI is InChI=1S/C13H16N4O3/c14-12(19)11-8-10(13(20)15-6-7-18)16-17(11)9-4-2-1-3-5-9/h1-5,11,18H,6-8H2,(H2,14,19)(H,15,20). The Kier molecular flexibility index (Phi) is 4.31. The van der Waals surface area contributed by atoms with Gasteiger partial charge in [-0.2, -0.15) is 5.10 Å². The summed E-state index contributed by atoms with van der Waals surface area (Å²) in [5.74, 6) is -0.939. The number of nitrogens with one attached hydrogen (secondary N) is 1. The molecule has 0 bridgehead atoms. The quantitative estimate of drug-likeness (QED) is 0.655. The van der Waals surface area contributed by atoms with E-state index in [-0.39, 0.29) is 25.3 Å². The first-order valence-corrected chi connectivity index (χ1v) is 6.23. The number of hydrogen-bond acceptors (Lipinski definition) is 5. The van der Waals surface area contributed by atoms with Gasteiger partial charge in [-0.25, -0.2) is 0 Å². The molecule has 1 atom stereocenters. The predicted octanol–water partition coefficient (Wildman–Crippen LogP) is -0.785. The van der Waals surface area contributed by atoms with E-state index >= 15 is 0 Å². The molecule has 1 aromatic rings. The van der Waals surface area contributed by atoms with Crippen LogP contribution in [0.4, 0.5) is 5.69 Å². The first-order valence-electron chi connectivity index (χ1n) is 6.23. The lowest BCUT2D eigenvalue weighted by molar-refractivity contribution is -0.119. The van der Waals surface area contributed by atoms with Crippen molar-refractivity contribution in [3.63, 3.8) is 0 Å². The van der Waals surface area contributed by atoms with Gasteiger partial charge in [-0.1, -0.05) is 18.2 Å². The third-order valence-electron chi connectivity index (χ3n) is 2.92. The van der Waals surface area contributed by atoms with E-state index in [1.807, 2.05) is 18.2 Å². The maximum Gasteiger partial charge on any atom is 0.267 e. The van der Waals surface area contributed by atoms with Gasteiger partial charge in [0.05, 0.1) is 12.3 Å². The van der Waals surface area contributed by atoms with Gasteiger partial charge >= 0.3 is 0 Å². The smallest absolute Gasteiger partial charge is 0.267 e. The summed E-state index contributed by atoms with van der Waals surface area (Å²) in [5, 5.41) is 16.8. The molecule has 1 aliphatic heterocycles. The largest absolute Gasteiger partial charge is 0.395 e. The lowest BCUT2D eigenvalue weighted by atomic mass is 10.1. The number of nitrogens with two attached hydrogens (primary N) is 1. The first kappa shape index (κ1) is 14.0. The van der Waals surface area contributed by atoms with Crippen LogP contribution in [0, 0.1) is 0 Å². The van der Waals surface area contributed by atoms with E-state index in [1.165, 1.54) is 5.01 Å². The highest BCUT2D eigenvalue weighted by Crippen LogP contribution is 2.24. The maximum atomic E-state index is 11.8. The number of para-hydroxylation sites is 1. The van der Waals surface area contributed by atoms with Crippen LogP contribution < -0.4 is 16.1 Å². The molecule has 0 radical (unpaired) electrons. The minimum absolute atomic E-state index is 0.143. The molecule has 7 nitrogen and oxygen atoms in total. The van der Waals surface area contributed by atoms with Crippen molar-refractivity contribution in [3.8, 4) is 0 Å². The summed E-state index contributed by atoms with van der Waals surface area (Å²) in [4.78, 5) is 23.3. The number of hydrazone groups is 1. The summed E-state index contributed by atoms with van der Waals surface area (Å²) in [6, 6.07) is 8.37. The number of aliphatic hydroxyl groups excluding tert-OH is 1. The SMILES string of the molecule is NC(=O)C1CC(C(=O)NCCO)=NN1c1ccccc1. The Morgan fingerprint density at radius 3 is 2.70 bits per heavy atom. The highest BCUT2D eigenvalue weighted by atomic mass is 16.3. The Morgan fingerprint density at radius 2 is 2.10 bits per heavy atom. The number of rotatable bonds is 5. The Hall–Kier alpha value is -2.41. The van der Waals surface area contributed by atoms with Crippen LogP contribution in [0.15, 0.2) is 35.4 Å². The van der Waals surface area contributed by atoms with E-state index in [0.717, 1.165) is 0 Å². The highest BCUT2D eigenvalue weighted by molar-refractivity contribution is 6.40. The van der Waals surface area contributed by atoms with Crippen molar-refractivity contribution in [3.05, 3.63) is 30.3 Å². The average molecular weight is 276 g/mol. The molecule has 4 N–H and O–H groups in total. The van der Waals surface area contributed by atoms with E-state index in [4.69, 9.17) is 10.8 Å². The topological polar surface area (TPSA) is 108 Å². The molecular weight excluding hydrogens is 260 g/mol. The third kappa shape index (κ3) is 2.94. The summed E-state index contributed by atoms with van der Waals surface area (Å²) in [7, 11) is 0. The summed E-state index contributed by atoms with van der Waals surface area (Å²) < 4.78 is 0. The molecule has 0 saturated carbocycles. The normalized spacial score (nSPS) is 17.8. The summed E-state index contributed by atoms with van der Waals surface area (Å²) in [5.41, 5.74) is 6.29. The van der Waals surface area contributed by atoms with Crippen LogP contribution in [0.25, 0.3) is 0 Å². The minimum atomic E-state index is -0.674. The van der Waals surface area contributed by atoms with Crippen LogP contribution in [0.5, 0.6) is 0 Å². The van der Waals surface area contributed by atoms with E-state index in [1.54, 1.807) is 12.1 Å². The van der Waals surface area contributed by atoms with Gasteiger partial charge in [0.1, 0.15) is 11.8 Å². The molecule has 0 saturated heterocycles. The molecule has 0 fully saturated rings. The van der Waals surface area contributed by atoms with E-state index < -0.39 is 17.9 Å². The van der Waals surface area contributed by atoms with Crippen molar-refractivity contribution in [2.45, 2.75) is 12.5 Å². The van der Waals surface area contributed by atoms with Crippen molar-refractivity contribution in [2.75, 3.05) is 18.2 Å². The van der Waals surface area contributed by atoms with Gasteiger partial charge in [0.15, 0.2) is 0 Å². The second-order valence-electron chi connectivity index (χ2n) is 4.33. The number of carbonyl (C=O) groups is 2. The average Bonchev–Trinajstić information content (AvgIpc) is 2.91. The Balaban J connectivity index is 2.21. The number of primary amides is 1. The molecular formula is C13H16N4O3. The number of benzene rings is 1.